The lowest BCUT2D eigenvalue weighted by Gasteiger charge is -2.15. The van der Waals surface area contributed by atoms with Gasteiger partial charge in [0.1, 0.15) is 6.54 Å². The van der Waals surface area contributed by atoms with Crippen LogP contribution in [0.5, 0.6) is 0 Å². The topological polar surface area (TPSA) is 46.6 Å². The van der Waals surface area contributed by atoms with Crippen molar-refractivity contribution in [2.24, 2.45) is 0 Å². The molecule has 0 aliphatic rings. The van der Waals surface area contributed by atoms with Crippen molar-refractivity contribution in [2.75, 3.05) is 20.7 Å². The number of likely N-dealkylation sites (N-methyl/N-ethyl adjacent to an activating group) is 1. The molecule has 0 aliphatic carbocycles. The third-order valence-electron chi connectivity index (χ3n) is 2.77. The van der Waals surface area contributed by atoms with E-state index in [0.29, 0.717) is 12.8 Å². The Kier molecular flexibility index (Phi) is 5.36. The van der Waals surface area contributed by atoms with E-state index in [4.69, 9.17) is 0 Å². The summed E-state index contributed by atoms with van der Waals surface area (Å²) in [5, 5.41) is 0. The van der Waals surface area contributed by atoms with Gasteiger partial charge in [0.2, 0.25) is 5.91 Å². The molecule has 18 heavy (non-hydrogen) atoms. The molecule has 0 spiro atoms. The van der Waals surface area contributed by atoms with Crippen LogP contribution in [0.2, 0.25) is 0 Å². The largest absolute Gasteiger partial charge is 0.468 e. The van der Waals surface area contributed by atoms with Gasteiger partial charge in [-0.3, -0.25) is 9.59 Å². The van der Waals surface area contributed by atoms with E-state index < -0.39 is 5.97 Å². The molecule has 4 heteroatoms. The molecule has 0 saturated heterocycles. The van der Waals surface area contributed by atoms with Crippen LogP contribution in [-0.2, 0) is 20.7 Å². The number of esters is 1. The van der Waals surface area contributed by atoms with Gasteiger partial charge in [-0.2, -0.15) is 0 Å². The molecule has 0 aliphatic heterocycles. The maximum absolute atomic E-state index is 11.8. The Balaban J connectivity index is 2.41. The summed E-state index contributed by atoms with van der Waals surface area (Å²) in [5.74, 6) is -0.456. The summed E-state index contributed by atoms with van der Waals surface area (Å²) in [7, 11) is 2.92. The van der Waals surface area contributed by atoms with Gasteiger partial charge in [0.05, 0.1) is 7.11 Å². The zero-order valence-corrected chi connectivity index (χ0v) is 11.1. The molecule has 0 unspecified atom stereocenters. The minimum atomic E-state index is -0.402. The molecule has 1 aromatic carbocycles. The highest BCUT2D eigenvalue weighted by atomic mass is 16.5. The molecule has 98 valence electrons. The number of methoxy groups -OCH3 is 1. The number of carbonyl (C=O) groups excluding carboxylic acids is 2. The molecule has 0 bridgehead atoms. The van der Waals surface area contributed by atoms with E-state index in [-0.39, 0.29) is 12.5 Å². The molecule has 0 saturated carbocycles. The number of hydrogen-bond donors (Lipinski definition) is 0. The number of ether oxygens (including phenoxy) is 1. The number of nitrogens with zero attached hydrogens (tertiary/aromatic N) is 1. The molecule has 0 atom stereocenters. The van der Waals surface area contributed by atoms with E-state index in [1.54, 1.807) is 7.05 Å². The molecular formula is C14H19NO3. The number of benzene rings is 1. The second-order valence-corrected chi connectivity index (χ2v) is 4.31. The van der Waals surface area contributed by atoms with Crippen molar-refractivity contribution in [3.05, 3.63) is 35.4 Å². The van der Waals surface area contributed by atoms with Crippen molar-refractivity contribution in [1.82, 2.24) is 4.90 Å². The molecule has 1 rings (SSSR count). The first kappa shape index (κ1) is 14.2. The van der Waals surface area contributed by atoms with Gasteiger partial charge < -0.3 is 9.64 Å². The van der Waals surface area contributed by atoms with Gasteiger partial charge in [0.25, 0.3) is 0 Å². The van der Waals surface area contributed by atoms with Gasteiger partial charge in [0, 0.05) is 13.5 Å². The van der Waals surface area contributed by atoms with E-state index in [0.717, 1.165) is 5.56 Å². The van der Waals surface area contributed by atoms with Gasteiger partial charge >= 0.3 is 5.97 Å². The first-order valence-electron chi connectivity index (χ1n) is 5.89. The molecule has 4 nitrogen and oxygen atoms in total. The Hall–Kier alpha value is -1.84. The zero-order chi connectivity index (χ0) is 13.5. The van der Waals surface area contributed by atoms with E-state index >= 15 is 0 Å². The van der Waals surface area contributed by atoms with Crippen LogP contribution in [-0.4, -0.2) is 37.5 Å². The van der Waals surface area contributed by atoms with Crippen LogP contribution >= 0.6 is 0 Å². The summed E-state index contributed by atoms with van der Waals surface area (Å²) >= 11 is 0. The fourth-order valence-electron chi connectivity index (χ4n) is 1.54. The van der Waals surface area contributed by atoms with Crippen LogP contribution in [0.25, 0.3) is 0 Å². The Bertz CT molecular complexity index is 412. The zero-order valence-electron chi connectivity index (χ0n) is 11.1. The Labute approximate surface area is 108 Å². The standard InChI is InChI=1S/C14H19NO3/c1-11-4-6-12(7-5-11)8-9-13(16)15(2)10-14(17)18-3/h4-7H,8-10H2,1-3H3. The number of aryl methyl sites for hydroxylation is 2. The smallest absolute Gasteiger partial charge is 0.325 e. The van der Waals surface area contributed by atoms with E-state index in [9.17, 15) is 9.59 Å². The highest BCUT2D eigenvalue weighted by Gasteiger charge is 2.12. The average molecular weight is 249 g/mol. The molecule has 1 aromatic rings. The SMILES string of the molecule is COC(=O)CN(C)C(=O)CCc1ccc(C)cc1. The summed E-state index contributed by atoms with van der Waals surface area (Å²) in [6.45, 7) is 2.03. The highest BCUT2D eigenvalue weighted by molar-refractivity contribution is 5.81. The lowest BCUT2D eigenvalue weighted by atomic mass is 10.1. The van der Waals surface area contributed by atoms with Crippen LogP contribution in [0.15, 0.2) is 24.3 Å². The molecule has 0 aromatic heterocycles. The molecule has 0 N–H and O–H groups in total. The maximum Gasteiger partial charge on any atom is 0.325 e. The molecule has 1 amide bonds. The molecule has 0 heterocycles. The summed E-state index contributed by atoms with van der Waals surface area (Å²) in [5.41, 5.74) is 2.33. The van der Waals surface area contributed by atoms with Crippen molar-refractivity contribution in [2.45, 2.75) is 19.8 Å². The number of rotatable bonds is 5. The lowest BCUT2D eigenvalue weighted by Crippen LogP contribution is -2.32. The van der Waals surface area contributed by atoms with E-state index in [1.807, 2.05) is 31.2 Å². The minimum absolute atomic E-state index is 0.00321. The Morgan fingerprint density at radius 2 is 1.83 bits per heavy atom. The molecule has 0 fully saturated rings. The van der Waals surface area contributed by atoms with Crippen molar-refractivity contribution in [1.29, 1.82) is 0 Å². The van der Waals surface area contributed by atoms with E-state index in [2.05, 4.69) is 4.74 Å². The third kappa shape index (κ3) is 4.57. The van der Waals surface area contributed by atoms with Crippen LogP contribution in [0, 0.1) is 6.92 Å². The summed E-state index contributed by atoms with van der Waals surface area (Å²) in [6, 6.07) is 8.09. The van der Waals surface area contributed by atoms with E-state index in [1.165, 1.54) is 17.6 Å². The van der Waals surface area contributed by atoms with Crippen LogP contribution < -0.4 is 0 Å². The summed E-state index contributed by atoms with van der Waals surface area (Å²) in [6.07, 6.45) is 1.08. The summed E-state index contributed by atoms with van der Waals surface area (Å²) < 4.78 is 4.51. The fraction of sp³-hybridized carbons (Fsp3) is 0.429. The quantitative estimate of drug-likeness (QED) is 0.744. The van der Waals surface area contributed by atoms with Gasteiger partial charge in [-0.1, -0.05) is 29.8 Å². The first-order valence-corrected chi connectivity index (χ1v) is 5.89. The van der Waals surface area contributed by atoms with Gasteiger partial charge in [-0.15, -0.1) is 0 Å². The third-order valence-corrected chi connectivity index (χ3v) is 2.77. The number of amides is 1. The van der Waals surface area contributed by atoms with Crippen LogP contribution in [0.4, 0.5) is 0 Å². The maximum atomic E-state index is 11.8. The monoisotopic (exact) mass is 249 g/mol. The predicted octanol–water partition coefficient (Wildman–Crippen LogP) is 1.56. The lowest BCUT2D eigenvalue weighted by molar-refractivity contribution is -0.146. The summed E-state index contributed by atoms with van der Waals surface area (Å²) in [4.78, 5) is 24.2. The normalized spacial score (nSPS) is 9.94. The minimum Gasteiger partial charge on any atom is -0.468 e. The Morgan fingerprint density at radius 1 is 1.22 bits per heavy atom. The predicted molar refractivity (Wildman–Crippen MR) is 69.2 cm³/mol. The molecule has 0 radical (unpaired) electrons. The fourth-order valence-corrected chi connectivity index (χ4v) is 1.54. The highest BCUT2D eigenvalue weighted by Crippen LogP contribution is 2.06. The first-order chi connectivity index (χ1) is 8.52. The Morgan fingerprint density at radius 3 is 2.39 bits per heavy atom. The second-order valence-electron chi connectivity index (χ2n) is 4.31. The van der Waals surface area contributed by atoms with Crippen molar-refractivity contribution in [3.8, 4) is 0 Å². The van der Waals surface area contributed by atoms with Crippen molar-refractivity contribution in [3.63, 3.8) is 0 Å². The van der Waals surface area contributed by atoms with Gasteiger partial charge in [-0.25, -0.2) is 0 Å². The number of carbonyl (C=O) groups is 2. The number of hydrogen-bond acceptors (Lipinski definition) is 3. The van der Waals surface area contributed by atoms with Crippen molar-refractivity contribution >= 4 is 11.9 Å². The van der Waals surface area contributed by atoms with Crippen LogP contribution in [0.1, 0.15) is 17.5 Å². The second kappa shape index (κ2) is 6.79. The van der Waals surface area contributed by atoms with Gasteiger partial charge in [0.15, 0.2) is 0 Å². The van der Waals surface area contributed by atoms with Crippen LogP contribution in [0.3, 0.4) is 0 Å². The molecular weight excluding hydrogens is 230 g/mol. The van der Waals surface area contributed by atoms with Crippen molar-refractivity contribution < 1.29 is 14.3 Å². The van der Waals surface area contributed by atoms with Gasteiger partial charge in [-0.05, 0) is 18.9 Å². The average Bonchev–Trinajstić information content (AvgIpc) is 2.37.